The van der Waals surface area contributed by atoms with Crippen LogP contribution in [0.1, 0.15) is 12.0 Å². The molecule has 0 radical (unpaired) electrons. The van der Waals surface area contributed by atoms with E-state index in [4.69, 9.17) is 11.0 Å². The van der Waals surface area contributed by atoms with Crippen LogP contribution in [0.25, 0.3) is 0 Å². The van der Waals surface area contributed by atoms with E-state index < -0.39 is 0 Å². The van der Waals surface area contributed by atoms with Crippen molar-refractivity contribution in [3.05, 3.63) is 23.8 Å². The molecule has 4 nitrogen and oxygen atoms in total. The molecule has 0 bridgehead atoms. The Morgan fingerprint density at radius 3 is 2.89 bits per heavy atom. The highest BCUT2D eigenvalue weighted by Gasteiger charge is 2.24. The lowest BCUT2D eigenvalue weighted by molar-refractivity contribution is 0.315. The monoisotopic (exact) mass is 244 g/mol. The zero-order valence-electron chi connectivity index (χ0n) is 11.1. The number of nitrogens with zero attached hydrogens (tertiary/aromatic N) is 3. The third kappa shape index (κ3) is 2.57. The molecule has 1 aromatic rings. The van der Waals surface area contributed by atoms with Gasteiger partial charge in [-0.3, -0.25) is 0 Å². The molecule has 0 spiro atoms. The highest BCUT2D eigenvalue weighted by molar-refractivity contribution is 5.59. The largest absolute Gasteiger partial charge is 0.398 e. The van der Waals surface area contributed by atoms with Gasteiger partial charge in [-0.2, -0.15) is 5.26 Å². The molecular formula is C14H20N4. The predicted octanol–water partition coefficient (Wildman–Crippen LogP) is 1.48. The number of hydrogen-bond acceptors (Lipinski definition) is 4. The van der Waals surface area contributed by atoms with Crippen molar-refractivity contribution in [2.24, 2.45) is 0 Å². The fourth-order valence-corrected chi connectivity index (χ4v) is 2.42. The van der Waals surface area contributed by atoms with E-state index in [9.17, 15) is 0 Å². The predicted molar refractivity (Wildman–Crippen MR) is 74.5 cm³/mol. The van der Waals surface area contributed by atoms with E-state index in [1.54, 1.807) is 0 Å². The number of hydrogen-bond donors (Lipinski definition) is 1. The first-order valence-electron chi connectivity index (χ1n) is 6.28. The van der Waals surface area contributed by atoms with Crippen LogP contribution in [0.3, 0.4) is 0 Å². The summed E-state index contributed by atoms with van der Waals surface area (Å²) in [5, 5.41) is 8.79. The fourth-order valence-electron chi connectivity index (χ4n) is 2.42. The van der Waals surface area contributed by atoms with Crippen molar-refractivity contribution in [3.63, 3.8) is 0 Å². The Hall–Kier alpha value is -1.73. The second kappa shape index (κ2) is 5.28. The molecule has 4 heteroatoms. The number of rotatable bonds is 3. The van der Waals surface area contributed by atoms with Crippen LogP contribution < -0.4 is 10.6 Å². The van der Waals surface area contributed by atoms with Crippen molar-refractivity contribution in [3.8, 4) is 6.07 Å². The van der Waals surface area contributed by atoms with Gasteiger partial charge in [0.05, 0.1) is 12.5 Å². The summed E-state index contributed by atoms with van der Waals surface area (Å²) in [5.74, 6) is 0. The lowest BCUT2D eigenvalue weighted by Crippen LogP contribution is -2.31. The molecule has 1 unspecified atom stereocenters. The first kappa shape index (κ1) is 12.7. The number of benzene rings is 1. The Bertz CT molecular complexity index is 461. The molecule has 2 N–H and O–H groups in total. The van der Waals surface area contributed by atoms with Gasteiger partial charge in [0.25, 0.3) is 0 Å². The van der Waals surface area contributed by atoms with E-state index in [-0.39, 0.29) is 0 Å². The molecule has 1 atom stereocenters. The van der Waals surface area contributed by atoms with E-state index >= 15 is 0 Å². The quantitative estimate of drug-likeness (QED) is 0.818. The second-order valence-corrected chi connectivity index (χ2v) is 5.07. The summed E-state index contributed by atoms with van der Waals surface area (Å²) < 4.78 is 0. The normalized spacial score (nSPS) is 19.2. The van der Waals surface area contributed by atoms with Crippen LogP contribution >= 0.6 is 0 Å². The Balaban J connectivity index is 2.15. The number of nitrogens with two attached hydrogens (primary N) is 1. The van der Waals surface area contributed by atoms with Crippen molar-refractivity contribution in [1.82, 2.24) is 4.90 Å². The zero-order chi connectivity index (χ0) is 13.1. The molecule has 0 aromatic heterocycles. The van der Waals surface area contributed by atoms with Gasteiger partial charge in [0.1, 0.15) is 0 Å². The molecular weight excluding hydrogens is 224 g/mol. The van der Waals surface area contributed by atoms with Crippen LogP contribution in [0.4, 0.5) is 11.4 Å². The van der Waals surface area contributed by atoms with Gasteiger partial charge in [0, 0.05) is 30.5 Å². The molecule has 0 amide bonds. The van der Waals surface area contributed by atoms with Crippen LogP contribution in [0, 0.1) is 11.3 Å². The molecule has 18 heavy (non-hydrogen) atoms. The zero-order valence-corrected chi connectivity index (χ0v) is 11.1. The molecule has 1 heterocycles. The van der Waals surface area contributed by atoms with Crippen LogP contribution in [0.2, 0.25) is 0 Å². The summed E-state index contributed by atoms with van der Waals surface area (Å²) in [6, 6.07) is 8.79. The van der Waals surface area contributed by atoms with Gasteiger partial charge in [-0.05, 0) is 44.3 Å². The topological polar surface area (TPSA) is 56.3 Å². The smallest absolute Gasteiger partial charge is 0.0670 e. The van der Waals surface area contributed by atoms with Crippen molar-refractivity contribution in [1.29, 1.82) is 5.26 Å². The summed E-state index contributed by atoms with van der Waals surface area (Å²) in [5.41, 5.74) is 8.70. The maximum Gasteiger partial charge on any atom is 0.0670 e. The minimum absolute atomic E-state index is 0.380. The molecule has 1 fully saturated rings. The van der Waals surface area contributed by atoms with Crippen molar-refractivity contribution >= 4 is 11.4 Å². The molecule has 0 saturated carbocycles. The molecule has 1 aliphatic rings. The number of likely N-dealkylation sites (N-methyl/N-ethyl adjacent to an activating group) is 1. The summed E-state index contributed by atoms with van der Waals surface area (Å²) in [7, 11) is 4.25. The Morgan fingerprint density at radius 2 is 2.28 bits per heavy atom. The molecule has 1 aromatic carbocycles. The maximum absolute atomic E-state index is 8.79. The lowest BCUT2D eigenvalue weighted by Gasteiger charge is -2.22. The van der Waals surface area contributed by atoms with Gasteiger partial charge < -0.3 is 15.5 Å². The molecule has 1 saturated heterocycles. The molecule has 2 rings (SSSR count). The lowest BCUT2D eigenvalue weighted by atomic mass is 10.1. The Labute approximate surface area is 109 Å². The fraction of sp³-hybridized carbons (Fsp3) is 0.500. The average Bonchev–Trinajstić information content (AvgIpc) is 2.82. The number of nitrogen functional groups attached to an aromatic ring is 1. The summed E-state index contributed by atoms with van der Waals surface area (Å²) >= 11 is 0. The van der Waals surface area contributed by atoms with Crippen molar-refractivity contribution in [2.45, 2.75) is 18.9 Å². The van der Waals surface area contributed by atoms with Crippen LogP contribution in [-0.4, -0.2) is 38.1 Å². The molecule has 1 aliphatic heterocycles. The summed E-state index contributed by atoms with van der Waals surface area (Å²) in [4.78, 5) is 4.64. The minimum Gasteiger partial charge on any atom is -0.398 e. The molecule has 0 aliphatic carbocycles. The van der Waals surface area contributed by atoms with E-state index in [1.807, 2.05) is 12.1 Å². The van der Waals surface area contributed by atoms with Crippen LogP contribution in [0.15, 0.2) is 18.2 Å². The van der Waals surface area contributed by atoms with Crippen LogP contribution in [0.5, 0.6) is 0 Å². The average molecular weight is 244 g/mol. The van der Waals surface area contributed by atoms with Gasteiger partial charge in [-0.1, -0.05) is 0 Å². The summed E-state index contributed by atoms with van der Waals surface area (Å²) in [6.07, 6.45) is 1.57. The van der Waals surface area contributed by atoms with Crippen molar-refractivity contribution in [2.75, 3.05) is 37.8 Å². The highest BCUT2D eigenvalue weighted by Crippen LogP contribution is 2.25. The number of nitriles is 1. The first-order valence-corrected chi connectivity index (χ1v) is 6.28. The Kier molecular flexibility index (Phi) is 3.73. The van der Waals surface area contributed by atoms with E-state index in [2.05, 4.69) is 36.0 Å². The van der Waals surface area contributed by atoms with Gasteiger partial charge in [0.2, 0.25) is 0 Å². The van der Waals surface area contributed by atoms with Gasteiger partial charge in [-0.15, -0.1) is 0 Å². The highest BCUT2D eigenvalue weighted by atomic mass is 15.2. The minimum atomic E-state index is 0.380. The third-order valence-corrected chi connectivity index (χ3v) is 3.65. The van der Waals surface area contributed by atoms with E-state index in [0.717, 1.165) is 18.7 Å². The first-order chi connectivity index (χ1) is 8.61. The SMILES string of the molecule is CN(C)C1CCN(c2ccc(N)c(CC#N)c2)C1. The Morgan fingerprint density at radius 1 is 1.50 bits per heavy atom. The second-order valence-electron chi connectivity index (χ2n) is 5.07. The van der Waals surface area contributed by atoms with Crippen LogP contribution in [-0.2, 0) is 6.42 Å². The number of anilines is 2. The van der Waals surface area contributed by atoms with Gasteiger partial charge in [-0.25, -0.2) is 0 Å². The summed E-state index contributed by atoms with van der Waals surface area (Å²) in [6.45, 7) is 2.11. The molecule has 96 valence electrons. The van der Waals surface area contributed by atoms with Gasteiger partial charge >= 0.3 is 0 Å². The van der Waals surface area contributed by atoms with E-state index in [1.165, 1.54) is 12.1 Å². The van der Waals surface area contributed by atoms with E-state index in [0.29, 0.717) is 18.2 Å². The van der Waals surface area contributed by atoms with Gasteiger partial charge in [0.15, 0.2) is 0 Å². The standard InChI is InChI=1S/C14H20N4/c1-17(2)13-6-8-18(10-13)12-3-4-14(16)11(9-12)5-7-15/h3-4,9,13H,5-6,8,10,16H2,1-2H3. The third-order valence-electron chi connectivity index (χ3n) is 3.65. The van der Waals surface area contributed by atoms with Crippen molar-refractivity contribution < 1.29 is 0 Å². The maximum atomic E-state index is 8.79.